The Morgan fingerprint density at radius 2 is 2.33 bits per heavy atom. The molecule has 0 fully saturated rings. The van der Waals surface area contributed by atoms with Gasteiger partial charge in [0.15, 0.2) is 0 Å². The molecule has 0 aliphatic carbocycles. The minimum Gasteiger partial charge on any atom is -0.323 e. The number of nitrogens with zero attached hydrogens (tertiary/aromatic N) is 2. The highest BCUT2D eigenvalue weighted by atomic mass is 16.1. The van der Waals surface area contributed by atoms with Gasteiger partial charge in [0.1, 0.15) is 6.33 Å². The van der Waals surface area contributed by atoms with E-state index in [1.807, 2.05) is 14.0 Å². The number of hydrogen-bond acceptors (Lipinski definition) is 4. The molecule has 5 heteroatoms. The molecule has 1 amide bonds. The minimum absolute atomic E-state index is 0.00292. The van der Waals surface area contributed by atoms with E-state index in [0.29, 0.717) is 12.1 Å². The van der Waals surface area contributed by atoms with Crippen molar-refractivity contribution in [2.45, 2.75) is 19.8 Å². The van der Waals surface area contributed by atoms with Gasteiger partial charge in [-0.25, -0.2) is 9.97 Å². The summed E-state index contributed by atoms with van der Waals surface area (Å²) in [5, 5.41) is 5.77. The lowest BCUT2D eigenvalue weighted by atomic mass is 10.3. The van der Waals surface area contributed by atoms with Gasteiger partial charge >= 0.3 is 0 Å². The molecule has 0 saturated heterocycles. The number of hydrogen-bond donors (Lipinski definition) is 2. The summed E-state index contributed by atoms with van der Waals surface area (Å²) in [6.45, 7) is 2.68. The van der Waals surface area contributed by atoms with Crippen molar-refractivity contribution in [2.75, 3.05) is 18.9 Å². The Balaban J connectivity index is 2.41. The van der Waals surface area contributed by atoms with E-state index in [1.165, 1.54) is 6.33 Å². The third-order valence-corrected chi connectivity index (χ3v) is 2.02. The first-order chi connectivity index (χ1) is 7.24. The SMILES string of the molecule is CNCCCC(=O)Nc1cncnc1C. The van der Waals surface area contributed by atoms with Crippen LogP contribution in [-0.2, 0) is 4.79 Å². The molecule has 0 bridgehead atoms. The molecule has 1 aromatic rings. The van der Waals surface area contributed by atoms with Crippen LogP contribution in [-0.4, -0.2) is 29.5 Å². The standard InChI is InChI=1S/C10H16N4O/c1-8-9(6-12-7-13-8)14-10(15)4-3-5-11-2/h6-7,11H,3-5H2,1-2H3,(H,14,15). The fourth-order valence-electron chi connectivity index (χ4n) is 1.15. The van der Waals surface area contributed by atoms with Gasteiger partial charge in [0.2, 0.25) is 5.91 Å². The Morgan fingerprint density at radius 3 is 3.00 bits per heavy atom. The van der Waals surface area contributed by atoms with Crippen molar-refractivity contribution < 1.29 is 4.79 Å². The van der Waals surface area contributed by atoms with E-state index in [2.05, 4.69) is 20.6 Å². The summed E-state index contributed by atoms with van der Waals surface area (Å²) in [6, 6.07) is 0. The molecule has 2 N–H and O–H groups in total. The van der Waals surface area contributed by atoms with E-state index >= 15 is 0 Å². The Morgan fingerprint density at radius 1 is 1.53 bits per heavy atom. The van der Waals surface area contributed by atoms with Gasteiger partial charge in [-0.2, -0.15) is 0 Å². The first-order valence-corrected chi connectivity index (χ1v) is 4.95. The van der Waals surface area contributed by atoms with Crippen LogP contribution in [0.4, 0.5) is 5.69 Å². The van der Waals surface area contributed by atoms with Crippen molar-refractivity contribution in [3.63, 3.8) is 0 Å². The summed E-state index contributed by atoms with van der Waals surface area (Å²) in [4.78, 5) is 19.3. The van der Waals surface area contributed by atoms with E-state index in [9.17, 15) is 4.79 Å². The van der Waals surface area contributed by atoms with Gasteiger partial charge in [-0.3, -0.25) is 4.79 Å². The van der Waals surface area contributed by atoms with Crippen LogP contribution >= 0.6 is 0 Å². The van der Waals surface area contributed by atoms with Crippen molar-refractivity contribution in [3.05, 3.63) is 18.2 Å². The summed E-state index contributed by atoms with van der Waals surface area (Å²) in [6.07, 6.45) is 4.41. The molecular weight excluding hydrogens is 192 g/mol. The average molecular weight is 208 g/mol. The molecule has 0 saturated carbocycles. The van der Waals surface area contributed by atoms with E-state index in [0.717, 1.165) is 18.7 Å². The van der Waals surface area contributed by atoms with Crippen LogP contribution in [0.5, 0.6) is 0 Å². The molecule has 1 heterocycles. The van der Waals surface area contributed by atoms with Crippen molar-refractivity contribution in [3.8, 4) is 0 Å². The lowest BCUT2D eigenvalue weighted by Crippen LogP contribution is -2.16. The molecule has 5 nitrogen and oxygen atoms in total. The van der Waals surface area contributed by atoms with E-state index in [4.69, 9.17) is 0 Å². The van der Waals surface area contributed by atoms with Gasteiger partial charge < -0.3 is 10.6 Å². The second-order valence-corrected chi connectivity index (χ2v) is 3.28. The highest BCUT2D eigenvalue weighted by Crippen LogP contribution is 2.08. The zero-order valence-electron chi connectivity index (χ0n) is 9.08. The topological polar surface area (TPSA) is 66.9 Å². The molecule has 0 radical (unpaired) electrons. The summed E-state index contributed by atoms with van der Waals surface area (Å²) in [7, 11) is 1.87. The number of carbonyl (C=O) groups excluding carboxylic acids is 1. The maximum atomic E-state index is 11.4. The summed E-state index contributed by atoms with van der Waals surface area (Å²) in [5.41, 5.74) is 1.47. The number of amides is 1. The van der Waals surface area contributed by atoms with Crippen molar-refractivity contribution in [2.24, 2.45) is 0 Å². The highest BCUT2D eigenvalue weighted by Gasteiger charge is 2.04. The van der Waals surface area contributed by atoms with Crippen LogP contribution in [0.2, 0.25) is 0 Å². The lowest BCUT2D eigenvalue weighted by molar-refractivity contribution is -0.116. The molecule has 0 aliphatic heterocycles. The zero-order valence-corrected chi connectivity index (χ0v) is 9.08. The monoisotopic (exact) mass is 208 g/mol. The molecule has 15 heavy (non-hydrogen) atoms. The fraction of sp³-hybridized carbons (Fsp3) is 0.500. The second kappa shape index (κ2) is 6.08. The van der Waals surface area contributed by atoms with Gasteiger partial charge in [-0.1, -0.05) is 0 Å². The Bertz CT molecular complexity index is 327. The number of anilines is 1. The highest BCUT2D eigenvalue weighted by molar-refractivity contribution is 5.90. The molecule has 0 aliphatic rings. The first-order valence-electron chi connectivity index (χ1n) is 4.95. The third-order valence-electron chi connectivity index (χ3n) is 2.02. The van der Waals surface area contributed by atoms with E-state index < -0.39 is 0 Å². The van der Waals surface area contributed by atoms with Crippen molar-refractivity contribution >= 4 is 11.6 Å². The number of aryl methyl sites for hydroxylation is 1. The molecule has 0 atom stereocenters. The third kappa shape index (κ3) is 4.03. The predicted octanol–water partition coefficient (Wildman–Crippen LogP) is 0.723. The Labute approximate surface area is 89.3 Å². The zero-order chi connectivity index (χ0) is 11.1. The fourth-order valence-corrected chi connectivity index (χ4v) is 1.15. The minimum atomic E-state index is 0.00292. The number of carbonyl (C=O) groups is 1. The smallest absolute Gasteiger partial charge is 0.224 e. The second-order valence-electron chi connectivity index (χ2n) is 3.28. The number of nitrogens with one attached hydrogen (secondary N) is 2. The molecular formula is C10H16N4O. The van der Waals surface area contributed by atoms with Gasteiger partial charge in [0.25, 0.3) is 0 Å². The maximum absolute atomic E-state index is 11.4. The molecule has 0 unspecified atom stereocenters. The van der Waals surface area contributed by atoms with Gasteiger partial charge in [-0.15, -0.1) is 0 Å². The average Bonchev–Trinajstić information content (AvgIpc) is 2.22. The van der Waals surface area contributed by atoms with Crippen molar-refractivity contribution in [1.82, 2.24) is 15.3 Å². The van der Waals surface area contributed by atoms with Crippen LogP contribution in [0.3, 0.4) is 0 Å². The van der Waals surface area contributed by atoms with E-state index in [1.54, 1.807) is 6.20 Å². The summed E-state index contributed by atoms with van der Waals surface area (Å²) < 4.78 is 0. The molecule has 1 rings (SSSR count). The Kier molecular flexibility index (Phi) is 4.70. The van der Waals surface area contributed by atoms with Crippen LogP contribution in [0.15, 0.2) is 12.5 Å². The van der Waals surface area contributed by atoms with Crippen LogP contribution in [0, 0.1) is 6.92 Å². The van der Waals surface area contributed by atoms with Gasteiger partial charge in [-0.05, 0) is 26.9 Å². The quantitative estimate of drug-likeness (QED) is 0.700. The maximum Gasteiger partial charge on any atom is 0.224 e. The molecule has 0 spiro atoms. The lowest BCUT2D eigenvalue weighted by Gasteiger charge is -2.06. The van der Waals surface area contributed by atoms with Crippen LogP contribution in [0.25, 0.3) is 0 Å². The molecule has 1 aromatic heterocycles. The van der Waals surface area contributed by atoms with Crippen LogP contribution in [0.1, 0.15) is 18.5 Å². The summed E-state index contributed by atoms with van der Waals surface area (Å²) in [5.74, 6) is 0.00292. The van der Waals surface area contributed by atoms with E-state index in [-0.39, 0.29) is 5.91 Å². The van der Waals surface area contributed by atoms with Gasteiger partial charge in [0.05, 0.1) is 17.6 Å². The predicted molar refractivity (Wildman–Crippen MR) is 58.6 cm³/mol. The normalized spacial score (nSPS) is 10.0. The molecule has 0 aromatic carbocycles. The Hall–Kier alpha value is -1.49. The summed E-state index contributed by atoms with van der Waals surface area (Å²) >= 11 is 0. The number of rotatable bonds is 5. The molecule has 82 valence electrons. The van der Waals surface area contributed by atoms with Gasteiger partial charge in [0, 0.05) is 6.42 Å². The van der Waals surface area contributed by atoms with Crippen molar-refractivity contribution in [1.29, 1.82) is 0 Å². The number of aromatic nitrogens is 2. The van der Waals surface area contributed by atoms with Crippen LogP contribution < -0.4 is 10.6 Å². The first kappa shape index (κ1) is 11.6. The largest absolute Gasteiger partial charge is 0.323 e.